The van der Waals surface area contributed by atoms with Crippen LogP contribution in [0.15, 0.2) is 55.4 Å². The van der Waals surface area contributed by atoms with Crippen LogP contribution in [0.25, 0.3) is 22.6 Å². The van der Waals surface area contributed by atoms with Crippen molar-refractivity contribution < 1.29 is 0 Å². The number of benzene rings is 1. The van der Waals surface area contributed by atoms with Crippen molar-refractivity contribution >= 4 is 11.3 Å². The van der Waals surface area contributed by atoms with Crippen LogP contribution < -0.4 is 5.73 Å². The van der Waals surface area contributed by atoms with Crippen molar-refractivity contribution in [2.45, 2.75) is 6.92 Å². The van der Waals surface area contributed by atoms with Crippen LogP contribution in [0.5, 0.6) is 0 Å². The summed E-state index contributed by atoms with van der Waals surface area (Å²) in [6.07, 6.45) is 3.86. The van der Waals surface area contributed by atoms with Gasteiger partial charge >= 0.3 is 0 Å². The summed E-state index contributed by atoms with van der Waals surface area (Å²) in [7, 11) is 0. The van der Waals surface area contributed by atoms with Gasteiger partial charge in [0.05, 0.1) is 11.9 Å². The van der Waals surface area contributed by atoms with Crippen molar-refractivity contribution in [2.75, 3.05) is 0 Å². The molecule has 1 aromatic carbocycles. The second-order valence-corrected chi connectivity index (χ2v) is 4.68. The molecule has 3 nitrogen and oxygen atoms in total. The summed E-state index contributed by atoms with van der Waals surface area (Å²) in [5, 5.41) is 0. The van der Waals surface area contributed by atoms with Gasteiger partial charge in [-0.15, -0.1) is 0 Å². The molecule has 2 aromatic heterocycles. The van der Waals surface area contributed by atoms with Crippen LogP contribution in [0, 0.1) is 6.92 Å². The van der Waals surface area contributed by atoms with E-state index < -0.39 is 0 Å². The molecule has 0 amide bonds. The number of rotatable bonds is 2. The van der Waals surface area contributed by atoms with E-state index >= 15 is 0 Å². The van der Waals surface area contributed by atoms with Gasteiger partial charge in [-0.3, -0.25) is 4.40 Å². The fraction of sp³-hybridized carbons (Fsp3) is 0.0625. The third-order valence-corrected chi connectivity index (χ3v) is 3.20. The van der Waals surface area contributed by atoms with Gasteiger partial charge in [0.2, 0.25) is 0 Å². The topological polar surface area (TPSA) is 43.3 Å². The lowest BCUT2D eigenvalue weighted by Gasteiger charge is -2.05. The second-order valence-electron chi connectivity index (χ2n) is 4.68. The van der Waals surface area contributed by atoms with E-state index in [1.165, 1.54) is 5.56 Å². The molecule has 3 aromatic rings. The molecule has 0 fully saturated rings. The molecule has 0 atom stereocenters. The number of nitrogens with zero attached hydrogens (tertiary/aromatic N) is 2. The lowest BCUT2D eigenvalue weighted by Crippen LogP contribution is -1.96. The predicted octanol–water partition coefficient (Wildman–Crippen LogP) is 3.24. The van der Waals surface area contributed by atoms with Crippen LogP contribution >= 0.6 is 0 Å². The van der Waals surface area contributed by atoms with Gasteiger partial charge < -0.3 is 5.73 Å². The molecule has 3 rings (SSSR count). The zero-order valence-electron chi connectivity index (χ0n) is 10.8. The largest absolute Gasteiger partial charge is 0.399 e. The molecule has 2 heterocycles. The van der Waals surface area contributed by atoms with Crippen molar-refractivity contribution in [1.82, 2.24) is 9.38 Å². The summed E-state index contributed by atoms with van der Waals surface area (Å²) in [4.78, 5) is 4.43. The lowest BCUT2D eigenvalue weighted by atomic mass is 10.1. The Morgan fingerprint density at radius 3 is 2.84 bits per heavy atom. The van der Waals surface area contributed by atoms with E-state index in [-0.39, 0.29) is 0 Å². The van der Waals surface area contributed by atoms with Crippen molar-refractivity contribution in [1.29, 1.82) is 0 Å². The Kier molecular flexibility index (Phi) is 2.60. The first-order valence-corrected chi connectivity index (χ1v) is 6.14. The monoisotopic (exact) mass is 249 g/mol. The van der Waals surface area contributed by atoms with Crippen LogP contribution in [0.3, 0.4) is 0 Å². The minimum atomic E-state index is 0.558. The minimum absolute atomic E-state index is 0.558. The summed E-state index contributed by atoms with van der Waals surface area (Å²) in [6, 6.07) is 12.3. The molecule has 3 heteroatoms. The number of aromatic nitrogens is 2. The first-order chi connectivity index (χ1) is 9.15. The highest BCUT2D eigenvalue weighted by Crippen LogP contribution is 2.22. The third kappa shape index (κ3) is 1.99. The van der Waals surface area contributed by atoms with Gasteiger partial charge in [0.1, 0.15) is 5.65 Å². The number of nitrogens with two attached hydrogens (primary N) is 1. The first kappa shape index (κ1) is 11.5. The Morgan fingerprint density at radius 1 is 1.26 bits per heavy atom. The highest BCUT2D eigenvalue weighted by atomic mass is 15.0. The van der Waals surface area contributed by atoms with Crippen molar-refractivity contribution in [2.24, 2.45) is 5.73 Å². The first-order valence-electron chi connectivity index (χ1n) is 6.14. The zero-order valence-corrected chi connectivity index (χ0v) is 10.8. The molecule has 0 bridgehead atoms. The Balaban J connectivity index is 2.18. The Labute approximate surface area is 112 Å². The van der Waals surface area contributed by atoms with E-state index in [0.29, 0.717) is 5.70 Å². The lowest BCUT2D eigenvalue weighted by molar-refractivity contribution is 1.18. The molecular weight excluding hydrogens is 234 g/mol. The molecule has 0 spiro atoms. The molecule has 0 saturated carbocycles. The van der Waals surface area contributed by atoms with Gasteiger partial charge in [0.25, 0.3) is 0 Å². The van der Waals surface area contributed by atoms with Crippen LogP contribution in [-0.4, -0.2) is 9.38 Å². The smallest absolute Gasteiger partial charge is 0.137 e. The molecule has 0 aliphatic rings. The maximum Gasteiger partial charge on any atom is 0.137 e. The quantitative estimate of drug-likeness (QED) is 0.757. The average Bonchev–Trinajstić information content (AvgIpc) is 2.81. The van der Waals surface area contributed by atoms with Gasteiger partial charge in [0.15, 0.2) is 0 Å². The number of imidazole rings is 1. The van der Waals surface area contributed by atoms with Crippen LogP contribution in [0.4, 0.5) is 0 Å². The minimum Gasteiger partial charge on any atom is -0.399 e. The maximum atomic E-state index is 5.71. The normalized spacial score (nSPS) is 10.8. The van der Waals surface area contributed by atoms with E-state index in [9.17, 15) is 0 Å². The van der Waals surface area contributed by atoms with Crippen molar-refractivity contribution in [3.8, 4) is 11.3 Å². The molecular formula is C16H15N3. The van der Waals surface area contributed by atoms with E-state index in [2.05, 4.69) is 47.2 Å². The van der Waals surface area contributed by atoms with E-state index in [1.807, 2.05) is 24.5 Å². The fourth-order valence-corrected chi connectivity index (χ4v) is 2.20. The fourth-order valence-electron chi connectivity index (χ4n) is 2.20. The average molecular weight is 249 g/mol. The standard InChI is InChI=1S/C16H15N3/c1-11-4-3-5-14(8-11)15-10-18-16-9-13(12(2)17)6-7-19(15)16/h3-10H,2,17H2,1H3. The number of fused-ring (bicyclic) bond motifs is 1. The van der Waals surface area contributed by atoms with Crippen LogP contribution in [0.2, 0.25) is 0 Å². The third-order valence-electron chi connectivity index (χ3n) is 3.20. The summed E-state index contributed by atoms with van der Waals surface area (Å²) in [5.41, 5.74) is 11.5. The van der Waals surface area contributed by atoms with Gasteiger partial charge in [-0.25, -0.2) is 4.98 Å². The summed E-state index contributed by atoms with van der Waals surface area (Å²) >= 11 is 0. The highest BCUT2D eigenvalue weighted by molar-refractivity contribution is 5.68. The highest BCUT2D eigenvalue weighted by Gasteiger charge is 2.06. The summed E-state index contributed by atoms with van der Waals surface area (Å²) in [5.74, 6) is 0. The van der Waals surface area contributed by atoms with Gasteiger partial charge in [0, 0.05) is 23.0 Å². The molecule has 19 heavy (non-hydrogen) atoms. The Bertz CT molecular complexity index is 769. The number of pyridine rings is 1. The van der Waals surface area contributed by atoms with Gasteiger partial charge in [-0.05, 0) is 25.1 Å². The molecule has 0 aliphatic carbocycles. The maximum absolute atomic E-state index is 5.71. The SMILES string of the molecule is C=C(N)c1ccn2c(-c3cccc(C)c3)cnc2c1. The summed E-state index contributed by atoms with van der Waals surface area (Å²) in [6.45, 7) is 5.84. The molecule has 0 unspecified atom stereocenters. The Hall–Kier alpha value is -2.55. The zero-order chi connectivity index (χ0) is 13.4. The summed E-state index contributed by atoms with van der Waals surface area (Å²) < 4.78 is 2.06. The predicted molar refractivity (Wildman–Crippen MR) is 78.6 cm³/mol. The molecule has 0 aliphatic heterocycles. The van der Waals surface area contributed by atoms with Crippen LogP contribution in [-0.2, 0) is 0 Å². The van der Waals surface area contributed by atoms with Crippen LogP contribution in [0.1, 0.15) is 11.1 Å². The van der Waals surface area contributed by atoms with Crippen molar-refractivity contribution in [3.63, 3.8) is 0 Å². The molecule has 0 saturated heterocycles. The van der Waals surface area contributed by atoms with E-state index in [0.717, 1.165) is 22.5 Å². The second kappa shape index (κ2) is 4.28. The van der Waals surface area contributed by atoms with Gasteiger partial charge in [-0.1, -0.05) is 30.3 Å². The number of hydrogen-bond acceptors (Lipinski definition) is 2. The van der Waals surface area contributed by atoms with E-state index in [4.69, 9.17) is 5.73 Å². The molecule has 2 N–H and O–H groups in total. The number of aryl methyl sites for hydroxylation is 1. The molecule has 94 valence electrons. The van der Waals surface area contributed by atoms with Gasteiger partial charge in [-0.2, -0.15) is 0 Å². The molecule has 0 radical (unpaired) electrons. The number of hydrogen-bond donors (Lipinski definition) is 1. The Morgan fingerprint density at radius 2 is 2.11 bits per heavy atom. The van der Waals surface area contributed by atoms with Crippen molar-refractivity contribution in [3.05, 3.63) is 66.5 Å². The van der Waals surface area contributed by atoms with E-state index in [1.54, 1.807) is 0 Å².